The molecule has 5 heteroatoms. The van der Waals surface area contributed by atoms with Gasteiger partial charge in [-0.15, -0.1) is 0 Å². The molecule has 0 bridgehead atoms. The van der Waals surface area contributed by atoms with E-state index in [1.165, 1.54) is 12.1 Å². The molecule has 2 N–H and O–H groups in total. The first kappa shape index (κ1) is 17.6. The molecule has 0 aromatic heterocycles. The van der Waals surface area contributed by atoms with Crippen LogP contribution in [-0.2, 0) is 9.84 Å². The second-order valence-corrected chi connectivity index (χ2v) is 7.56. The highest BCUT2D eigenvalue weighted by Gasteiger charge is 2.16. The van der Waals surface area contributed by atoms with Gasteiger partial charge in [0.1, 0.15) is 0 Å². The average Bonchev–Trinajstić information content (AvgIpc) is 2.67. The molecule has 26 heavy (non-hydrogen) atoms. The van der Waals surface area contributed by atoms with Crippen LogP contribution in [0, 0.1) is 0 Å². The Morgan fingerprint density at radius 1 is 0.769 bits per heavy atom. The Bertz CT molecular complexity index is 1020. The number of aliphatic imine (C=N–C) groups is 1. The number of hydrogen-bond acceptors (Lipinski definition) is 4. The molecule has 0 heterocycles. The molecule has 3 aromatic rings. The normalized spacial score (nSPS) is 12.0. The molecule has 0 radical (unpaired) electrons. The van der Waals surface area contributed by atoms with Crippen LogP contribution < -0.4 is 5.73 Å². The van der Waals surface area contributed by atoms with E-state index in [0.717, 1.165) is 5.56 Å². The number of rotatable bonds is 5. The molecule has 0 aliphatic rings. The minimum Gasteiger partial charge on any atom is -0.399 e. The van der Waals surface area contributed by atoms with Crippen LogP contribution in [0.2, 0.25) is 0 Å². The molecule has 0 spiro atoms. The molecular weight excluding hydrogens is 344 g/mol. The Hall–Kier alpha value is -3.18. The lowest BCUT2D eigenvalue weighted by molar-refractivity contribution is 0.596. The largest absolute Gasteiger partial charge is 0.399 e. The molecule has 3 rings (SSSR count). The third kappa shape index (κ3) is 4.26. The summed E-state index contributed by atoms with van der Waals surface area (Å²) in [5, 5.41) is 0. The maximum atomic E-state index is 12.6. The van der Waals surface area contributed by atoms with Crippen molar-refractivity contribution < 1.29 is 8.42 Å². The molecule has 3 aromatic carbocycles. The van der Waals surface area contributed by atoms with Gasteiger partial charge in [0.2, 0.25) is 9.84 Å². The summed E-state index contributed by atoms with van der Waals surface area (Å²) in [4.78, 5) is 4.75. The Balaban J connectivity index is 1.73. The molecule has 0 saturated carbocycles. The molecule has 0 amide bonds. The zero-order valence-electron chi connectivity index (χ0n) is 14.0. The fraction of sp³-hybridized carbons (Fsp3) is 0. The first-order chi connectivity index (χ1) is 12.6. The van der Waals surface area contributed by atoms with Gasteiger partial charge in [0.25, 0.3) is 0 Å². The van der Waals surface area contributed by atoms with Gasteiger partial charge in [-0.3, -0.25) is 4.99 Å². The third-order valence-electron chi connectivity index (χ3n) is 3.74. The van der Waals surface area contributed by atoms with Gasteiger partial charge in [-0.05, 0) is 60.2 Å². The van der Waals surface area contributed by atoms with Crippen LogP contribution in [-0.4, -0.2) is 14.6 Å². The average molecular weight is 362 g/mol. The van der Waals surface area contributed by atoms with Crippen molar-refractivity contribution in [2.75, 3.05) is 5.73 Å². The standard InChI is InChI=1S/C21H18N2O2S/c22-18-8-12-20(13-9-18)26(24,25)21-14-10-19(11-15-21)23-16-4-7-17-5-2-1-3-6-17/h1-16H,22H2. The molecule has 0 unspecified atom stereocenters. The highest BCUT2D eigenvalue weighted by molar-refractivity contribution is 7.91. The van der Waals surface area contributed by atoms with Crippen molar-refractivity contribution in [1.29, 1.82) is 0 Å². The Morgan fingerprint density at radius 2 is 1.35 bits per heavy atom. The summed E-state index contributed by atoms with van der Waals surface area (Å²) in [6, 6.07) is 22.5. The molecule has 0 fully saturated rings. The number of allylic oxidation sites excluding steroid dienone is 1. The number of sulfone groups is 1. The van der Waals surface area contributed by atoms with Crippen molar-refractivity contribution in [1.82, 2.24) is 0 Å². The predicted octanol–water partition coefficient (Wildman–Crippen LogP) is 4.52. The summed E-state index contributed by atoms with van der Waals surface area (Å²) in [5.41, 5.74) is 7.90. The van der Waals surface area contributed by atoms with E-state index in [0.29, 0.717) is 11.4 Å². The fourth-order valence-corrected chi connectivity index (χ4v) is 3.60. The highest BCUT2D eigenvalue weighted by atomic mass is 32.2. The number of nitrogens with zero attached hydrogens (tertiary/aromatic N) is 1. The summed E-state index contributed by atoms with van der Waals surface area (Å²) in [5.74, 6) is 0. The van der Waals surface area contributed by atoms with Crippen LogP contribution >= 0.6 is 0 Å². The topological polar surface area (TPSA) is 72.5 Å². The number of anilines is 1. The van der Waals surface area contributed by atoms with E-state index in [4.69, 9.17) is 5.73 Å². The zero-order chi connectivity index (χ0) is 18.4. The summed E-state index contributed by atoms with van der Waals surface area (Å²) < 4.78 is 25.2. The van der Waals surface area contributed by atoms with E-state index in [1.807, 2.05) is 42.5 Å². The van der Waals surface area contributed by atoms with Gasteiger partial charge >= 0.3 is 0 Å². The third-order valence-corrected chi connectivity index (χ3v) is 5.52. The van der Waals surface area contributed by atoms with Crippen molar-refractivity contribution in [3.63, 3.8) is 0 Å². The molecule has 130 valence electrons. The van der Waals surface area contributed by atoms with Crippen molar-refractivity contribution in [2.24, 2.45) is 4.99 Å². The van der Waals surface area contributed by atoms with Gasteiger partial charge in [0, 0.05) is 11.9 Å². The maximum Gasteiger partial charge on any atom is 0.206 e. The van der Waals surface area contributed by atoms with Gasteiger partial charge in [0.05, 0.1) is 15.5 Å². The van der Waals surface area contributed by atoms with Crippen LogP contribution in [0.3, 0.4) is 0 Å². The van der Waals surface area contributed by atoms with E-state index in [1.54, 1.807) is 42.6 Å². The second-order valence-electron chi connectivity index (χ2n) is 5.61. The lowest BCUT2D eigenvalue weighted by Crippen LogP contribution is -2.01. The second kappa shape index (κ2) is 7.80. The van der Waals surface area contributed by atoms with E-state index in [-0.39, 0.29) is 9.79 Å². The zero-order valence-corrected chi connectivity index (χ0v) is 14.8. The lowest BCUT2D eigenvalue weighted by Gasteiger charge is -2.05. The van der Waals surface area contributed by atoms with Crippen LogP contribution in [0.4, 0.5) is 11.4 Å². The fourth-order valence-electron chi connectivity index (χ4n) is 2.34. The highest BCUT2D eigenvalue weighted by Crippen LogP contribution is 2.23. The van der Waals surface area contributed by atoms with E-state index in [9.17, 15) is 8.42 Å². The van der Waals surface area contributed by atoms with Gasteiger partial charge in [-0.25, -0.2) is 8.42 Å². The minimum atomic E-state index is -3.56. The number of nitrogens with two attached hydrogens (primary N) is 1. The summed E-state index contributed by atoms with van der Waals surface area (Å²) >= 11 is 0. The van der Waals surface area contributed by atoms with Crippen LogP contribution in [0.5, 0.6) is 0 Å². The van der Waals surface area contributed by atoms with Crippen LogP contribution in [0.15, 0.2) is 99.7 Å². The van der Waals surface area contributed by atoms with Gasteiger partial charge in [-0.1, -0.05) is 36.4 Å². The SMILES string of the molecule is Nc1ccc(S(=O)(=O)c2ccc(N=CC=Cc3ccccc3)cc2)cc1. The van der Waals surface area contributed by atoms with E-state index in [2.05, 4.69) is 4.99 Å². The number of nitrogen functional groups attached to an aromatic ring is 1. The monoisotopic (exact) mass is 362 g/mol. The smallest absolute Gasteiger partial charge is 0.206 e. The number of benzene rings is 3. The van der Waals surface area contributed by atoms with Gasteiger partial charge in [-0.2, -0.15) is 0 Å². The van der Waals surface area contributed by atoms with E-state index < -0.39 is 9.84 Å². The van der Waals surface area contributed by atoms with Crippen molar-refractivity contribution in [3.05, 3.63) is 90.5 Å². The van der Waals surface area contributed by atoms with E-state index >= 15 is 0 Å². The molecule has 4 nitrogen and oxygen atoms in total. The van der Waals surface area contributed by atoms with Crippen molar-refractivity contribution in [3.8, 4) is 0 Å². The first-order valence-corrected chi connectivity index (χ1v) is 9.50. The van der Waals surface area contributed by atoms with Crippen molar-refractivity contribution >= 4 is 33.5 Å². The number of hydrogen-bond donors (Lipinski definition) is 1. The quantitative estimate of drug-likeness (QED) is 0.536. The molecular formula is C21H18N2O2S. The first-order valence-electron chi connectivity index (χ1n) is 8.02. The summed E-state index contributed by atoms with van der Waals surface area (Å²) in [7, 11) is -3.56. The minimum absolute atomic E-state index is 0.216. The lowest BCUT2D eigenvalue weighted by atomic mass is 10.2. The van der Waals surface area contributed by atoms with Crippen molar-refractivity contribution in [2.45, 2.75) is 9.79 Å². The Labute approximate surface area is 153 Å². The Kier molecular flexibility index (Phi) is 5.29. The van der Waals surface area contributed by atoms with Gasteiger partial charge < -0.3 is 5.73 Å². The van der Waals surface area contributed by atoms with Gasteiger partial charge in [0.15, 0.2) is 0 Å². The molecule has 0 aliphatic carbocycles. The predicted molar refractivity (Wildman–Crippen MR) is 106 cm³/mol. The Morgan fingerprint density at radius 3 is 1.96 bits per heavy atom. The molecule has 0 aliphatic heterocycles. The molecule has 0 saturated heterocycles. The molecule has 0 atom stereocenters. The summed E-state index contributed by atoms with van der Waals surface area (Å²) in [6.45, 7) is 0. The maximum absolute atomic E-state index is 12.6. The summed E-state index contributed by atoms with van der Waals surface area (Å²) in [6.07, 6.45) is 5.47. The van der Waals surface area contributed by atoms with Crippen LogP contribution in [0.1, 0.15) is 5.56 Å². The van der Waals surface area contributed by atoms with Crippen LogP contribution in [0.25, 0.3) is 6.08 Å².